The van der Waals surface area contributed by atoms with E-state index in [4.69, 9.17) is 14.2 Å². The van der Waals surface area contributed by atoms with Crippen molar-refractivity contribution in [3.63, 3.8) is 0 Å². The Hall–Kier alpha value is -2.04. The van der Waals surface area contributed by atoms with Crippen LogP contribution in [0.15, 0.2) is 54.6 Å². The molecule has 24 heavy (non-hydrogen) atoms. The van der Waals surface area contributed by atoms with E-state index in [0.717, 1.165) is 44.2 Å². The third-order valence-electron chi connectivity index (χ3n) is 4.67. The van der Waals surface area contributed by atoms with Crippen molar-refractivity contribution in [2.75, 3.05) is 26.3 Å². The largest absolute Gasteiger partial charge is 0.489 e. The molecule has 4 heteroatoms. The van der Waals surface area contributed by atoms with Gasteiger partial charge >= 0.3 is 0 Å². The first-order valence-electron chi connectivity index (χ1n) is 8.62. The highest BCUT2D eigenvalue weighted by molar-refractivity contribution is 5.32. The van der Waals surface area contributed by atoms with Crippen LogP contribution in [-0.4, -0.2) is 43.3 Å². The number of hydrogen-bond donors (Lipinski definition) is 0. The van der Waals surface area contributed by atoms with E-state index in [2.05, 4.69) is 17.0 Å². The van der Waals surface area contributed by atoms with Gasteiger partial charge in [0, 0.05) is 25.7 Å². The Morgan fingerprint density at radius 1 is 0.958 bits per heavy atom. The Bertz CT molecular complexity index is 632. The van der Waals surface area contributed by atoms with E-state index >= 15 is 0 Å². The predicted molar refractivity (Wildman–Crippen MR) is 92.4 cm³/mol. The van der Waals surface area contributed by atoms with Crippen LogP contribution >= 0.6 is 0 Å². The lowest BCUT2D eigenvalue weighted by atomic mass is 10.1. The van der Waals surface area contributed by atoms with E-state index in [0.29, 0.717) is 18.8 Å². The normalized spacial score (nSPS) is 21.4. The van der Waals surface area contributed by atoms with Crippen LogP contribution in [0.5, 0.6) is 11.5 Å². The zero-order valence-electron chi connectivity index (χ0n) is 13.8. The van der Waals surface area contributed by atoms with Crippen molar-refractivity contribution in [3.8, 4) is 11.5 Å². The molecule has 2 saturated heterocycles. The van der Waals surface area contributed by atoms with Gasteiger partial charge in [-0.3, -0.25) is 4.90 Å². The summed E-state index contributed by atoms with van der Waals surface area (Å²) in [4.78, 5) is 2.45. The lowest BCUT2D eigenvalue weighted by molar-refractivity contribution is -0.0113. The molecule has 2 aliphatic heterocycles. The van der Waals surface area contributed by atoms with Crippen LogP contribution in [0.25, 0.3) is 0 Å². The van der Waals surface area contributed by atoms with E-state index in [9.17, 15) is 0 Å². The van der Waals surface area contributed by atoms with Gasteiger partial charge in [0.15, 0.2) is 0 Å². The average Bonchev–Trinajstić information content (AvgIpc) is 3.12. The molecule has 2 fully saturated rings. The number of ether oxygens (including phenoxy) is 3. The van der Waals surface area contributed by atoms with Gasteiger partial charge in [-0.05, 0) is 36.2 Å². The molecule has 2 aromatic carbocycles. The number of nitrogens with zero attached hydrogens (tertiary/aromatic N) is 1. The summed E-state index contributed by atoms with van der Waals surface area (Å²) in [5, 5.41) is 0. The van der Waals surface area contributed by atoms with Crippen LogP contribution in [0.3, 0.4) is 0 Å². The molecule has 1 atom stereocenters. The fraction of sp³-hybridized carbons (Fsp3) is 0.400. The van der Waals surface area contributed by atoms with E-state index < -0.39 is 0 Å². The second-order valence-corrected chi connectivity index (χ2v) is 6.46. The van der Waals surface area contributed by atoms with Crippen molar-refractivity contribution in [1.82, 2.24) is 4.90 Å². The Balaban J connectivity index is 1.23. The first kappa shape index (κ1) is 15.5. The minimum atomic E-state index is 0.293. The van der Waals surface area contributed by atoms with Gasteiger partial charge in [-0.15, -0.1) is 0 Å². The first-order valence-corrected chi connectivity index (χ1v) is 8.62. The van der Waals surface area contributed by atoms with Crippen LogP contribution in [0.1, 0.15) is 12.0 Å². The summed E-state index contributed by atoms with van der Waals surface area (Å²) in [6, 6.07) is 18.7. The third-order valence-corrected chi connectivity index (χ3v) is 4.67. The minimum absolute atomic E-state index is 0.293. The van der Waals surface area contributed by atoms with Crippen LogP contribution in [0.4, 0.5) is 0 Å². The maximum Gasteiger partial charge on any atom is 0.124 e. The lowest BCUT2D eigenvalue weighted by Gasteiger charge is -2.42. The highest BCUT2D eigenvalue weighted by atomic mass is 16.5. The molecule has 0 aromatic heterocycles. The molecule has 1 unspecified atom stereocenters. The molecule has 2 heterocycles. The molecule has 0 radical (unpaired) electrons. The first-order chi connectivity index (χ1) is 11.9. The molecule has 4 nitrogen and oxygen atoms in total. The average molecular weight is 325 g/mol. The molecule has 0 aliphatic carbocycles. The molecule has 0 saturated carbocycles. The summed E-state index contributed by atoms with van der Waals surface area (Å²) in [6.45, 7) is 4.36. The second kappa shape index (κ2) is 7.24. The highest BCUT2D eigenvalue weighted by Crippen LogP contribution is 2.25. The summed E-state index contributed by atoms with van der Waals surface area (Å²) >= 11 is 0. The summed E-state index contributed by atoms with van der Waals surface area (Å²) in [5.74, 6) is 1.78. The van der Waals surface area contributed by atoms with Gasteiger partial charge in [0.2, 0.25) is 0 Å². The fourth-order valence-corrected chi connectivity index (χ4v) is 3.20. The maximum atomic E-state index is 6.02. The van der Waals surface area contributed by atoms with Crippen LogP contribution in [-0.2, 0) is 11.3 Å². The van der Waals surface area contributed by atoms with Crippen molar-refractivity contribution in [2.24, 2.45) is 0 Å². The number of likely N-dealkylation sites (tertiary alicyclic amines) is 1. The lowest BCUT2D eigenvalue weighted by Crippen LogP contribution is -2.57. The topological polar surface area (TPSA) is 30.9 Å². The molecule has 2 aliphatic rings. The molecule has 0 spiro atoms. The summed E-state index contributed by atoms with van der Waals surface area (Å²) < 4.78 is 17.3. The minimum Gasteiger partial charge on any atom is -0.489 e. The zero-order chi connectivity index (χ0) is 16.2. The maximum absolute atomic E-state index is 6.02. The van der Waals surface area contributed by atoms with Crippen molar-refractivity contribution >= 4 is 0 Å². The molecule has 2 aromatic rings. The zero-order valence-corrected chi connectivity index (χ0v) is 13.8. The van der Waals surface area contributed by atoms with Gasteiger partial charge < -0.3 is 14.2 Å². The summed E-state index contributed by atoms with van der Waals surface area (Å²) in [7, 11) is 0. The number of hydrogen-bond acceptors (Lipinski definition) is 4. The smallest absolute Gasteiger partial charge is 0.124 e. The molecular formula is C20H23NO3. The van der Waals surface area contributed by atoms with E-state index in [1.165, 1.54) is 5.56 Å². The van der Waals surface area contributed by atoms with Crippen LogP contribution in [0, 0.1) is 0 Å². The molecule has 0 bridgehead atoms. The third kappa shape index (κ3) is 3.71. The molecule has 4 rings (SSSR count). The standard InChI is InChI=1S/C20H23NO3/c1-2-4-16(5-3-1)14-23-18-6-8-19(9-7-18)24-20-12-21(13-20)17-10-11-22-15-17/h1-9,17,20H,10-15H2. The number of rotatable bonds is 6. The Morgan fingerprint density at radius 3 is 2.42 bits per heavy atom. The quantitative estimate of drug-likeness (QED) is 0.816. The summed E-state index contributed by atoms with van der Waals surface area (Å²) in [6.07, 6.45) is 1.45. The van der Waals surface area contributed by atoms with Crippen LogP contribution < -0.4 is 9.47 Å². The monoisotopic (exact) mass is 325 g/mol. The Labute approximate surface area is 142 Å². The molecule has 0 N–H and O–H groups in total. The second-order valence-electron chi connectivity index (χ2n) is 6.46. The van der Waals surface area contributed by atoms with Crippen LogP contribution in [0.2, 0.25) is 0 Å². The SMILES string of the molecule is c1ccc(COc2ccc(OC3CN(C4CCOC4)C3)cc2)cc1. The van der Waals surface area contributed by atoms with Gasteiger partial charge in [-0.1, -0.05) is 30.3 Å². The van der Waals surface area contributed by atoms with Crippen molar-refractivity contribution in [2.45, 2.75) is 25.2 Å². The van der Waals surface area contributed by atoms with Crippen molar-refractivity contribution in [1.29, 1.82) is 0 Å². The van der Waals surface area contributed by atoms with Gasteiger partial charge in [-0.25, -0.2) is 0 Å². The Kier molecular flexibility index (Phi) is 4.67. The molecular weight excluding hydrogens is 302 g/mol. The van der Waals surface area contributed by atoms with Crippen molar-refractivity contribution in [3.05, 3.63) is 60.2 Å². The highest BCUT2D eigenvalue weighted by Gasteiger charge is 2.35. The van der Waals surface area contributed by atoms with E-state index in [1.54, 1.807) is 0 Å². The van der Waals surface area contributed by atoms with E-state index in [-0.39, 0.29) is 0 Å². The number of benzene rings is 2. The van der Waals surface area contributed by atoms with E-state index in [1.807, 2.05) is 42.5 Å². The van der Waals surface area contributed by atoms with Gasteiger partial charge in [0.05, 0.1) is 6.61 Å². The predicted octanol–water partition coefficient (Wildman–Crippen LogP) is 3.12. The fourth-order valence-electron chi connectivity index (χ4n) is 3.20. The Morgan fingerprint density at radius 2 is 1.71 bits per heavy atom. The van der Waals surface area contributed by atoms with Gasteiger partial charge in [0.25, 0.3) is 0 Å². The van der Waals surface area contributed by atoms with Crippen molar-refractivity contribution < 1.29 is 14.2 Å². The van der Waals surface area contributed by atoms with Gasteiger partial charge in [0.1, 0.15) is 24.2 Å². The summed E-state index contributed by atoms with van der Waals surface area (Å²) in [5.41, 5.74) is 1.17. The molecule has 0 amide bonds. The van der Waals surface area contributed by atoms with Gasteiger partial charge in [-0.2, -0.15) is 0 Å². The molecule has 126 valence electrons.